The molecule has 0 bridgehead atoms. The first kappa shape index (κ1) is 18.1. The van der Waals surface area contributed by atoms with Crippen LogP contribution in [-0.2, 0) is 16.2 Å². The number of hydrogen-bond acceptors (Lipinski definition) is 6. The van der Waals surface area contributed by atoms with E-state index >= 15 is 0 Å². The van der Waals surface area contributed by atoms with Crippen molar-refractivity contribution in [1.29, 1.82) is 0 Å². The lowest BCUT2D eigenvalue weighted by molar-refractivity contribution is -0.137. The molecule has 1 aliphatic heterocycles. The van der Waals surface area contributed by atoms with Gasteiger partial charge < -0.3 is 4.52 Å². The summed E-state index contributed by atoms with van der Waals surface area (Å²) in [6.45, 7) is 0.147. The zero-order chi connectivity index (χ0) is 19.2. The highest BCUT2D eigenvalue weighted by molar-refractivity contribution is 7.89. The average Bonchev–Trinajstić information content (AvgIpc) is 3.24. The van der Waals surface area contributed by atoms with Crippen LogP contribution in [0.3, 0.4) is 0 Å². The molecule has 0 amide bonds. The third kappa shape index (κ3) is 3.37. The molecule has 0 N–H and O–H groups in total. The van der Waals surface area contributed by atoms with Crippen LogP contribution in [0.5, 0.6) is 0 Å². The van der Waals surface area contributed by atoms with Gasteiger partial charge in [-0.3, -0.25) is 0 Å². The minimum absolute atomic E-state index is 0.0733. The molecule has 0 spiro atoms. The molecule has 3 heterocycles. The molecule has 1 saturated heterocycles. The first-order valence-electron chi connectivity index (χ1n) is 7.79. The molecule has 6 nitrogen and oxygen atoms in total. The van der Waals surface area contributed by atoms with Crippen LogP contribution in [0.15, 0.2) is 50.5 Å². The number of benzene rings is 1. The second-order valence-corrected chi connectivity index (χ2v) is 8.73. The topological polar surface area (TPSA) is 76.3 Å². The van der Waals surface area contributed by atoms with Crippen molar-refractivity contribution in [3.05, 3.63) is 52.5 Å². The van der Waals surface area contributed by atoms with Gasteiger partial charge in [0.25, 0.3) is 0 Å². The maximum Gasteiger partial charge on any atom is 0.416 e. The number of aromatic nitrogens is 2. The minimum atomic E-state index is -4.61. The Hall–Kier alpha value is -2.24. The van der Waals surface area contributed by atoms with Gasteiger partial charge in [-0.2, -0.15) is 33.8 Å². The van der Waals surface area contributed by atoms with Gasteiger partial charge in [-0.15, -0.1) is 0 Å². The van der Waals surface area contributed by atoms with Gasteiger partial charge in [0.1, 0.15) is 0 Å². The molecule has 0 aliphatic carbocycles. The van der Waals surface area contributed by atoms with Gasteiger partial charge in [-0.1, -0.05) is 11.2 Å². The first-order valence-corrected chi connectivity index (χ1v) is 10.2. The van der Waals surface area contributed by atoms with Crippen molar-refractivity contribution < 1.29 is 26.1 Å². The third-order valence-corrected chi connectivity index (χ3v) is 6.73. The molecule has 3 aromatic rings. The lowest BCUT2D eigenvalue weighted by Gasteiger charge is -2.35. The predicted molar refractivity (Wildman–Crippen MR) is 90.6 cm³/mol. The van der Waals surface area contributed by atoms with Gasteiger partial charge in [0.2, 0.25) is 21.7 Å². The van der Waals surface area contributed by atoms with E-state index in [0.717, 1.165) is 28.1 Å². The Bertz CT molecular complexity index is 1060. The molecule has 0 saturated carbocycles. The summed E-state index contributed by atoms with van der Waals surface area (Å²) in [4.78, 5) is 3.88. The number of halogens is 3. The molecule has 27 heavy (non-hydrogen) atoms. The molecular weight excluding hydrogens is 403 g/mol. The second kappa shape index (κ2) is 6.43. The lowest BCUT2D eigenvalue weighted by Crippen LogP contribution is -2.48. The lowest BCUT2D eigenvalue weighted by atomic mass is 10.0. The second-order valence-electron chi connectivity index (χ2n) is 6.01. The van der Waals surface area contributed by atoms with Crippen LogP contribution in [0.25, 0.3) is 11.4 Å². The van der Waals surface area contributed by atoms with E-state index < -0.39 is 21.8 Å². The molecule has 1 fully saturated rings. The molecule has 4 rings (SSSR count). The van der Waals surface area contributed by atoms with Crippen molar-refractivity contribution in [1.82, 2.24) is 14.4 Å². The monoisotopic (exact) mass is 415 g/mol. The normalized spacial score (nSPS) is 16.4. The Morgan fingerprint density at radius 1 is 1.22 bits per heavy atom. The molecule has 0 atom stereocenters. The standard InChI is InChI=1S/C16H12F3N3O3S2/c17-16(18,19)12-2-1-3-13(6-12)27(23,24)22-7-11(8-22)15-20-14(21-25-15)10-4-5-26-9-10/h1-6,9,11H,7-8H2. The van der Waals surface area contributed by atoms with E-state index in [1.165, 1.54) is 11.3 Å². The largest absolute Gasteiger partial charge is 0.416 e. The van der Waals surface area contributed by atoms with Crippen molar-refractivity contribution in [2.45, 2.75) is 17.0 Å². The number of sulfonamides is 1. The van der Waals surface area contributed by atoms with Crippen LogP contribution in [0, 0.1) is 0 Å². The van der Waals surface area contributed by atoms with Gasteiger partial charge in [-0.05, 0) is 29.6 Å². The molecule has 1 aliphatic rings. The van der Waals surface area contributed by atoms with E-state index in [0.29, 0.717) is 17.8 Å². The predicted octanol–water partition coefficient (Wildman–Crippen LogP) is 3.61. The Kier molecular flexibility index (Phi) is 4.32. The van der Waals surface area contributed by atoms with Gasteiger partial charge in [-0.25, -0.2) is 8.42 Å². The molecule has 2 aromatic heterocycles. The molecule has 1 aromatic carbocycles. The zero-order valence-corrected chi connectivity index (χ0v) is 15.2. The Morgan fingerprint density at radius 3 is 2.67 bits per heavy atom. The summed E-state index contributed by atoms with van der Waals surface area (Å²) in [5.74, 6) is 0.447. The Morgan fingerprint density at radius 2 is 2.00 bits per heavy atom. The number of hydrogen-bond donors (Lipinski definition) is 0. The molecular formula is C16H12F3N3O3S2. The van der Waals surface area contributed by atoms with Crippen molar-refractivity contribution in [3.8, 4) is 11.4 Å². The highest BCUT2D eigenvalue weighted by atomic mass is 32.2. The van der Waals surface area contributed by atoms with E-state index in [4.69, 9.17) is 4.52 Å². The van der Waals surface area contributed by atoms with Crippen LogP contribution < -0.4 is 0 Å². The van der Waals surface area contributed by atoms with Crippen molar-refractivity contribution >= 4 is 21.4 Å². The highest BCUT2D eigenvalue weighted by Gasteiger charge is 2.41. The van der Waals surface area contributed by atoms with Crippen LogP contribution in [0.4, 0.5) is 13.2 Å². The zero-order valence-electron chi connectivity index (χ0n) is 13.5. The van der Waals surface area contributed by atoms with Crippen LogP contribution in [0.2, 0.25) is 0 Å². The number of rotatable bonds is 4. The summed E-state index contributed by atoms with van der Waals surface area (Å²) in [5.41, 5.74) is -0.194. The number of alkyl halides is 3. The van der Waals surface area contributed by atoms with E-state index in [2.05, 4.69) is 10.1 Å². The minimum Gasteiger partial charge on any atom is -0.339 e. The van der Waals surface area contributed by atoms with Crippen LogP contribution in [-0.4, -0.2) is 36.0 Å². The fourth-order valence-electron chi connectivity index (χ4n) is 2.68. The summed E-state index contributed by atoms with van der Waals surface area (Å²) < 4.78 is 69.9. The quantitative estimate of drug-likeness (QED) is 0.651. The molecule has 0 unspecified atom stereocenters. The summed E-state index contributed by atoms with van der Waals surface area (Å²) in [6, 6.07) is 5.55. The van der Waals surface area contributed by atoms with Crippen molar-refractivity contribution in [3.63, 3.8) is 0 Å². The number of thiophene rings is 1. The van der Waals surface area contributed by atoms with Crippen LogP contribution in [0.1, 0.15) is 17.4 Å². The summed E-state index contributed by atoms with van der Waals surface area (Å²) in [7, 11) is -4.02. The van der Waals surface area contributed by atoms with Gasteiger partial charge >= 0.3 is 6.18 Å². The smallest absolute Gasteiger partial charge is 0.339 e. The van der Waals surface area contributed by atoms with Gasteiger partial charge in [0.05, 0.1) is 16.4 Å². The van der Waals surface area contributed by atoms with E-state index in [9.17, 15) is 21.6 Å². The molecule has 11 heteroatoms. The van der Waals surface area contributed by atoms with Crippen molar-refractivity contribution in [2.24, 2.45) is 0 Å². The number of nitrogens with zero attached hydrogens (tertiary/aromatic N) is 3. The summed E-state index contributed by atoms with van der Waals surface area (Å²) >= 11 is 1.49. The third-order valence-electron chi connectivity index (χ3n) is 4.22. The first-order chi connectivity index (χ1) is 12.7. The summed E-state index contributed by atoms with van der Waals surface area (Å²) in [6.07, 6.45) is -4.61. The van der Waals surface area contributed by atoms with Crippen molar-refractivity contribution in [2.75, 3.05) is 13.1 Å². The maximum absolute atomic E-state index is 12.8. The fourth-order valence-corrected chi connectivity index (χ4v) is 4.89. The highest BCUT2D eigenvalue weighted by Crippen LogP contribution is 2.35. The molecule has 142 valence electrons. The Balaban J connectivity index is 1.49. The SMILES string of the molecule is O=S(=O)(c1cccc(C(F)(F)F)c1)N1CC(c2nc(-c3ccsc3)no2)C1. The fraction of sp³-hybridized carbons (Fsp3) is 0.250. The Labute approximate surface area is 156 Å². The van der Waals surface area contributed by atoms with Gasteiger partial charge in [0.15, 0.2) is 0 Å². The summed E-state index contributed by atoms with van der Waals surface area (Å²) in [5, 5.41) is 7.61. The van der Waals surface area contributed by atoms with Gasteiger partial charge in [0, 0.05) is 24.0 Å². The van der Waals surface area contributed by atoms with Crippen LogP contribution >= 0.6 is 11.3 Å². The van der Waals surface area contributed by atoms with E-state index in [1.54, 1.807) is 0 Å². The van der Waals surface area contributed by atoms with E-state index in [1.807, 2.05) is 16.8 Å². The van der Waals surface area contributed by atoms with E-state index in [-0.39, 0.29) is 23.9 Å². The average molecular weight is 415 g/mol. The maximum atomic E-state index is 12.8. The molecule has 0 radical (unpaired) electrons.